The van der Waals surface area contributed by atoms with Crippen molar-refractivity contribution in [3.63, 3.8) is 0 Å². The number of azo groups is 1. The lowest BCUT2D eigenvalue weighted by Crippen LogP contribution is -2.15. The number of aromatic amines is 1. The Morgan fingerprint density at radius 2 is 1.53 bits per heavy atom. The minimum atomic E-state index is -4.82. The van der Waals surface area contributed by atoms with Crippen molar-refractivity contribution < 1.29 is 25.9 Å². The third-order valence-corrected chi connectivity index (χ3v) is 8.64. The topological polar surface area (TPSA) is 222 Å². The van der Waals surface area contributed by atoms with Crippen LogP contribution in [0, 0.1) is 6.92 Å². The highest BCUT2D eigenvalue weighted by Crippen LogP contribution is 2.33. The van der Waals surface area contributed by atoms with Crippen molar-refractivity contribution in [2.45, 2.75) is 16.7 Å². The van der Waals surface area contributed by atoms with Crippen LogP contribution in [-0.4, -0.2) is 50.7 Å². The van der Waals surface area contributed by atoms with E-state index >= 15 is 0 Å². The number of hydrogen-bond acceptors (Lipinski definition) is 11. The number of para-hydroxylation sites is 1. The zero-order valence-corrected chi connectivity index (χ0v) is 26.2. The summed E-state index contributed by atoms with van der Waals surface area (Å²) in [6, 6.07) is 14.4. The standard InChI is InChI=1S/C25H17Cl3N8O7S2/c1-12-21(23(37)36(35-12)18-10-16(27)20(11-15(18)26)45(41,42)43)34-33-17-9-13(7-8-19(17)44(38,39)40)22-30-24(28)32-25(31-22)29-14-5-3-2-4-6-14/h2-11,35H,1H3,(H,38,39,40)(H,41,42,43)(H,29,30,31,32). The number of anilines is 2. The molecule has 3 aromatic carbocycles. The van der Waals surface area contributed by atoms with Gasteiger partial charge in [-0.15, -0.1) is 10.2 Å². The predicted octanol–water partition coefficient (Wildman–Crippen LogP) is 5.94. The molecular formula is C25H17Cl3N8O7S2. The van der Waals surface area contributed by atoms with E-state index in [4.69, 9.17) is 34.8 Å². The third kappa shape index (κ3) is 7.04. The van der Waals surface area contributed by atoms with Gasteiger partial charge in [-0.05, 0) is 61.0 Å². The summed E-state index contributed by atoms with van der Waals surface area (Å²) in [6.07, 6.45) is 0. The van der Waals surface area contributed by atoms with E-state index in [0.29, 0.717) is 5.69 Å². The average Bonchev–Trinajstić information content (AvgIpc) is 3.24. The second-order valence-corrected chi connectivity index (χ2v) is 13.0. The second-order valence-electron chi connectivity index (χ2n) is 9.04. The van der Waals surface area contributed by atoms with Gasteiger partial charge < -0.3 is 5.32 Å². The maximum atomic E-state index is 13.2. The second kappa shape index (κ2) is 12.3. The largest absolute Gasteiger partial charge is 0.324 e. The smallest absolute Gasteiger partial charge is 0.299 e. The van der Waals surface area contributed by atoms with Crippen LogP contribution in [-0.2, 0) is 20.2 Å². The quantitative estimate of drug-likeness (QED) is 0.109. The number of aryl methyl sites for hydroxylation is 1. The zero-order valence-electron chi connectivity index (χ0n) is 22.3. The molecule has 20 heteroatoms. The Balaban J connectivity index is 1.56. The van der Waals surface area contributed by atoms with E-state index in [1.807, 2.05) is 6.07 Å². The monoisotopic (exact) mass is 710 g/mol. The first kappa shape index (κ1) is 32.2. The molecule has 0 amide bonds. The summed E-state index contributed by atoms with van der Waals surface area (Å²) in [5.74, 6) is 0.108. The molecule has 0 saturated carbocycles. The third-order valence-electron chi connectivity index (χ3n) is 5.95. The van der Waals surface area contributed by atoms with E-state index in [1.54, 1.807) is 24.3 Å². The van der Waals surface area contributed by atoms with Gasteiger partial charge in [-0.2, -0.15) is 31.8 Å². The molecule has 2 aromatic heterocycles. The molecule has 0 radical (unpaired) electrons. The first-order valence-electron chi connectivity index (χ1n) is 12.2. The van der Waals surface area contributed by atoms with Crippen LogP contribution in [0.4, 0.5) is 23.0 Å². The van der Waals surface area contributed by atoms with E-state index in [0.717, 1.165) is 22.9 Å². The maximum Gasteiger partial charge on any atom is 0.299 e. The van der Waals surface area contributed by atoms with Crippen LogP contribution in [0.25, 0.3) is 17.1 Å². The lowest BCUT2D eigenvalue weighted by molar-refractivity contribution is 0.481. The molecule has 5 rings (SSSR count). The minimum absolute atomic E-state index is 0.0202. The molecule has 0 saturated heterocycles. The van der Waals surface area contributed by atoms with Crippen molar-refractivity contribution in [1.82, 2.24) is 24.7 Å². The molecular weight excluding hydrogens is 695 g/mol. The molecule has 4 N–H and O–H groups in total. The van der Waals surface area contributed by atoms with Gasteiger partial charge in [-0.1, -0.05) is 41.4 Å². The average molecular weight is 712 g/mol. The lowest BCUT2D eigenvalue weighted by atomic mass is 10.2. The SMILES string of the molecule is Cc1[nH]n(-c2cc(Cl)c(S(=O)(=O)O)cc2Cl)c(=O)c1N=Nc1cc(-c2nc(Cl)nc(Nc3ccccc3)n2)ccc1S(=O)(=O)O. The first-order valence-corrected chi connectivity index (χ1v) is 16.2. The Kier molecular flexibility index (Phi) is 8.78. The number of halogens is 3. The number of hydrogen-bond donors (Lipinski definition) is 4. The van der Waals surface area contributed by atoms with E-state index in [1.165, 1.54) is 19.1 Å². The molecule has 5 aromatic rings. The summed E-state index contributed by atoms with van der Waals surface area (Å²) in [5, 5.41) is 12.6. The Hall–Kier alpha value is -4.23. The lowest BCUT2D eigenvalue weighted by Gasteiger charge is -2.08. The van der Waals surface area contributed by atoms with Gasteiger partial charge in [0, 0.05) is 11.3 Å². The Morgan fingerprint density at radius 3 is 2.20 bits per heavy atom. The maximum absolute atomic E-state index is 13.2. The van der Waals surface area contributed by atoms with Gasteiger partial charge in [0.2, 0.25) is 11.2 Å². The highest BCUT2D eigenvalue weighted by Gasteiger charge is 2.22. The predicted molar refractivity (Wildman–Crippen MR) is 165 cm³/mol. The van der Waals surface area contributed by atoms with Crippen molar-refractivity contribution in [2.75, 3.05) is 5.32 Å². The fraction of sp³-hybridized carbons (Fsp3) is 0.0400. The molecule has 0 aliphatic heterocycles. The number of aromatic nitrogens is 5. The Labute approximate surface area is 269 Å². The summed E-state index contributed by atoms with van der Waals surface area (Å²) in [7, 11) is -9.52. The van der Waals surface area contributed by atoms with Crippen LogP contribution in [0.3, 0.4) is 0 Å². The number of benzene rings is 3. The molecule has 45 heavy (non-hydrogen) atoms. The summed E-state index contributed by atoms with van der Waals surface area (Å²) >= 11 is 18.3. The van der Waals surface area contributed by atoms with Crippen LogP contribution < -0.4 is 10.9 Å². The molecule has 0 aliphatic rings. The fourth-order valence-corrected chi connectivity index (χ4v) is 6.05. The Morgan fingerprint density at radius 1 is 0.844 bits per heavy atom. The highest BCUT2D eigenvalue weighted by atomic mass is 35.5. The highest BCUT2D eigenvalue weighted by molar-refractivity contribution is 7.86. The molecule has 0 fully saturated rings. The van der Waals surface area contributed by atoms with E-state index in [2.05, 4.69) is 35.6 Å². The van der Waals surface area contributed by atoms with E-state index in [9.17, 15) is 30.7 Å². The van der Waals surface area contributed by atoms with Crippen molar-refractivity contribution in [3.8, 4) is 17.1 Å². The number of H-pyrrole nitrogens is 1. The first-order chi connectivity index (χ1) is 21.1. The van der Waals surface area contributed by atoms with E-state index < -0.39 is 40.6 Å². The number of nitrogens with one attached hydrogen (secondary N) is 2. The molecule has 0 atom stereocenters. The van der Waals surface area contributed by atoms with Crippen molar-refractivity contribution in [2.24, 2.45) is 10.2 Å². The molecule has 0 unspecified atom stereocenters. The van der Waals surface area contributed by atoms with E-state index in [-0.39, 0.29) is 50.4 Å². The molecule has 0 aliphatic carbocycles. The molecule has 15 nitrogen and oxygen atoms in total. The summed E-state index contributed by atoms with van der Waals surface area (Å²) in [4.78, 5) is 24.4. The minimum Gasteiger partial charge on any atom is -0.324 e. The number of nitrogens with zero attached hydrogens (tertiary/aromatic N) is 6. The van der Waals surface area contributed by atoms with Crippen molar-refractivity contribution >= 4 is 78.0 Å². The number of rotatable bonds is 8. The summed E-state index contributed by atoms with van der Waals surface area (Å²) in [6.45, 7) is 1.45. The normalized spacial score (nSPS) is 12.1. The van der Waals surface area contributed by atoms with Gasteiger partial charge in [0.1, 0.15) is 15.5 Å². The van der Waals surface area contributed by atoms with Gasteiger partial charge in [0.05, 0.1) is 21.4 Å². The van der Waals surface area contributed by atoms with Crippen molar-refractivity contribution in [1.29, 1.82) is 0 Å². The van der Waals surface area contributed by atoms with Crippen LogP contribution in [0.2, 0.25) is 15.3 Å². The summed E-state index contributed by atoms with van der Waals surface area (Å²) < 4.78 is 67.4. The Bertz CT molecular complexity index is 2280. The van der Waals surface area contributed by atoms with Gasteiger partial charge in [0.25, 0.3) is 25.8 Å². The van der Waals surface area contributed by atoms with Gasteiger partial charge >= 0.3 is 0 Å². The van der Waals surface area contributed by atoms with Gasteiger partial charge in [-0.3, -0.25) is 19.0 Å². The van der Waals surface area contributed by atoms with Gasteiger partial charge in [0.15, 0.2) is 11.5 Å². The van der Waals surface area contributed by atoms with Crippen molar-refractivity contribution in [3.05, 3.63) is 92.0 Å². The van der Waals surface area contributed by atoms with Crippen LogP contribution in [0.15, 0.2) is 85.5 Å². The molecule has 0 bridgehead atoms. The fourth-order valence-electron chi connectivity index (χ4n) is 3.95. The van der Waals surface area contributed by atoms with Crippen LogP contribution in [0.5, 0.6) is 0 Å². The van der Waals surface area contributed by atoms with Crippen LogP contribution in [0.1, 0.15) is 5.69 Å². The van der Waals surface area contributed by atoms with Crippen LogP contribution >= 0.6 is 34.8 Å². The zero-order chi connectivity index (χ0) is 32.7. The molecule has 2 heterocycles. The summed E-state index contributed by atoms with van der Waals surface area (Å²) in [5.41, 5.74) is -0.595. The molecule has 232 valence electrons. The molecule has 0 spiro atoms. The van der Waals surface area contributed by atoms with Gasteiger partial charge in [-0.25, -0.2) is 4.68 Å².